The number of rotatable bonds is 5. The molecular formula is C16H27N3. The van der Waals surface area contributed by atoms with Crippen LogP contribution in [0.2, 0.25) is 0 Å². The molecule has 3 nitrogen and oxygen atoms in total. The molecule has 0 radical (unpaired) electrons. The van der Waals surface area contributed by atoms with E-state index in [0.717, 1.165) is 19.6 Å². The molecule has 1 atom stereocenters. The molecule has 0 saturated carbocycles. The second-order valence-corrected chi connectivity index (χ2v) is 5.73. The van der Waals surface area contributed by atoms with Gasteiger partial charge in [-0.25, -0.2) is 0 Å². The molecule has 1 unspecified atom stereocenters. The van der Waals surface area contributed by atoms with E-state index in [1.54, 1.807) is 0 Å². The van der Waals surface area contributed by atoms with Crippen molar-refractivity contribution in [3.05, 3.63) is 24.3 Å². The minimum atomic E-state index is 0.553. The maximum Gasteiger partial charge on any atom is 0.0607 e. The summed E-state index contributed by atoms with van der Waals surface area (Å²) in [6, 6.07) is 9.89. The van der Waals surface area contributed by atoms with Crippen LogP contribution in [0.15, 0.2) is 24.3 Å². The predicted octanol–water partition coefficient (Wildman–Crippen LogP) is 2.72. The van der Waals surface area contributed by atoms with E-state index in [2.05, 4.69) is 67.2 Å². The highest BCUT2D eigenvalue weighted by molar-refractivity contribution is 5.73. The maximum atomic E-state index is 3.58. The van der Waals surface area contributed by atoms with Gasteiger partial charge in [0, 0.05) is 38.8 Å². The molecule has 1 heterocycles. The van der Waals surface area contributed by atoms with Crippen LogP contribution in [-0.4, -0.2) is 38.8 Å². The van der Waals surface area contributed by atoms with Gasteiger partial charge in [-0.15, -0.1) is 0 Å². The van der Waals surface area contributed by atoms with Crippen molar-refractivity contribution in [1.82, 2.24) is 5.32 Å². The smallest absolute Gasteiger partial charge is 0.0607 e. The van der Waals surface area contributed by atoms with Crippen molar-refractivity contribution < 1.29 is 0 Å². The first kappa shape index (κ1) is 14.2. The largest absolute Gasteiger partial charge is 0.371 e. The molecule has 0 spiro atoms. The second-order valence-electron chi connectivity index (χ2n) is 5.73. The Labute approximate surface area is 117 Å². The first-order chi connectivity index (χ1) is 9.13. The molecule has 19 heavy (non-hydrogen) atoms. The van der Waals surface area contributed by atoms with Crippen molar-refractivity contribution in [3.63, 3.8) is 0 Å². The van der Waals surface area contributed by atoms with Gasteiger partial charge in [-0.2, -0.15) is 0 Å². The van der Waals surface area contributed by atoms with Gasteiger partial charge in [0.15, 0.2) is 0 Å². The maximum absolute atomic E-state index is 3.58. The van der Waals surface area contributed by atoms with Gasteiger partial charge in [0.1, 0.15) is 0 Å². The monoisotopic (exact) mass is 261 g/mol. The van der Waals surface area contributed by atoms with Gasteiger partial charge in [0.05, 0.1) is 11.4 Å². The van der Waals surface area contributed by atoms with E-state index < -0.39 is 0 Å². The number of benzene rings is 1. The summed E-state index contributed by atoms with van der Waals surface area (Å²) >= 11 is 0. The Morgan fingerprint density at radius 2 is 1.84 bits per heavy atom. The van der Waals surface area contributed by atoms with Crippen molar-refractivity contribution in [2.45, 2.75) is 39.3 Å². The first-order valence-electron chi connectivity index (χ1n) is 7.43. The summed E-state index contributed by atoms with van der Waals surface area (Å²) < 4.78 is 0. The summed E-state index contributed by atoms with van der Waals surface area (Å²) in [7, 11) is 2.18. The van der Waals surface area contributed by atoms with Gasteiger partial charge >= 0.3 is 0 Å². The molecule has 1 N–H and O–H groups in total. The standard InChI is InChI=1S/C16H27N3/c1-5-14(12-17-13(2)3)19-11-10-18(4)15-8-6-7-9-16(15)19/h6-9,13-14,17H,5,10-12H2,1-4H3. The zero-order valence-corrected chi connectivity index (χ0v) is 12.7. The average molecular weight is 261 g/mol. The quantitative estimate of drug-likeness (QED) is 0.879. The van der Waals surface area contributed by atoms with Gasteiger partial charge in [-0.1, -0.05) is 32.9 Å². The molecule has 0 fully saturated rings. The van der Waals surface area contributed by atoms with E-state index in [0.29, 0.717) is 12.1 Å². The van der Waals surface area contributed by atoms with Crippen LogP contribution in [-0.2, 0) is 0 Å². The third kappa shape index (κ3) is 3.21. The molecule has 1 aliphatic rings. The Morgan fingerprint density at radius 1 is 1.16 bits per heavy atom. The Kier molecular flexibility index (Phi) is 4.70. The van der Waals surface area contributed by atoms with Crippen LogP contribution in [0.5, 0.6) is 0 Å². The van der Waals surface area contributed by atoms with Crippen molar-refractivity contribution in [3.8, 4) is 0 Å². The Hall–Kier alpha value is -1.22. The van der Waals surface area contributed by atoms with Crippen LogP contribution in [0.1, 0.15) is 27.2 Å². The fourth-order valence-electron chi connectivity index (χ4n) is 2.75. The predicted molar refractivity (Wildman–Crippen MR) is 84.3 cm³/mol. The molecule has 2 rings (SSSR count). The van der Waals surface area contributed by atoms with Gasteiger partial charge in [0.2, 0.25) is 0 Å². The molecule has 1 aliphatic heterocycles. The normalized spacial score (nSPS) is 16.7. The van der Waals surface area contributed by atoms with E-state index >= 15 is 0 Å². The molecule has 0 saturated heterocycles. The number of nitrogens with one attached hydrogen (secondary N) is 1. The van der Waals surface area contributed by atoms with Crippen LogP contribution >= 0.6 is 0 Å². The van der Waals surface area contributed by atoms with Crippen molar-refractivity contribution in [1.29, 1.82) is 0 Å². The fourth-order valence-corrected chi connectivity index (χ4v) is 2.75. The zero-order valence-electron chi connectivity index (χ0n) is 12.7. The van der Waals surface area contributed by atoms with Crippen LogP contribution in [0, 0.1) is 0 Å². The van der Waals surface area contributed by atoms with E-state index in [1.165, 1.54) is 17.8 Å². The molecule has 0 aliphatic carbocycles. The van der Waals surface area contributed by atoms with E-state index in [-0.39, 0.29) is 0 Å². The minimum absolute atomic E-state index is 0.553. The van der Waals surface area contributed by atoms with Crippen molar-refractivity contribution in [2.24, 2.45) is 0 Å². The number of para-hydroxylation sites is 2. The lowest BCUT2D eigenvalue weighted by molar-refractivity contribution is 0.483. The summed E-state index contributed by atoms with van der Waals surface area (Å²) in [6.07, 6.45) is 1.18. The third-order valence-corrected chi connectivity index (χ3v) is 3.95. The summed E-state index contributed by atoms with van der Waals surface area (Å²) in [6.45, 7) is 10.00. The summed E-state index contributed by atoms with van der Waals surface area (Å²) in [4.78, 5) is 4.93. The molecular weight excluding hydrogens is 234 g/mol. The van der Waals surface area contributed by atoms with Crippen LogP contribution in [0.25, 0.3) is 0 Å². The number of anilines is 2. The number of nitrogens with zero attached hydrogens (tertiary/aromatic N) is 2. The van der Waals surface area contributed by atoms with Crippen LogP contribution in [0.4, 0.5) is 11.4 Å². The first-order valence-corrected chi connectivity index (χ1v) is 7.43. The van der Waals surface area contributed by atoms with E-state index in [1.807, 2.05) is 0 Å². The SMILES string of the molecule is CCC(CNC(C)C)N1CCN(C)c2ccccc21. The number of hydrogen-bond acceptors (Lipinski definition) is 3. The van der Waals surface area contributed by atoms with Gasteiger partial charge < -0.3 is 15.1 Å². The van der Waals surface area contributed by atoms with Gasteiger partial charge in [0.25, 0.3) is 0 Å². The lowest BCUT2D eigenvalue weighted by atomic mass is 10.1. The lowest BCUT2D eigenvalue weighted by Crippen LogP contribution is -2.49. The van der Waals surface area contributed by atoms with Crippen LogP contribution < -0.4 is 15.1 Å². The molecule has 0 bridgehead atoms. The molecule has 1 aromatic rings. The fraction of sp³-hybridized carbons (Fsp3) is 0.625. The zero-order chi connectivity index (χ0) is 13.8. The second kappa shape index (κ2) is 6.29. The average Bonchev–Trinajstić information content (AvgIpc) is 2.41. The lowest BCUT2D eigenvalue weighted by Gasteiger charge is -2.41. The number of hydrogen-bond donors (Lipinski definition) is 1. The van der Waals surface area contributed by atoms with Crippen molar-refractivity contribution >= 4 is 11.4 Å². The summed E-state index contributed by atoms with van der Waals surface area (Å²) in [5.74, 6) is 0. The molecule has 0 amide bonds. The van der Waals surface area contributed by atoms with Crippen molar-refractivity contribution in [2.75, 3.05) is 36.5 Å². The van der Waals surface area contributed by atoms with E-state index in [9.17, 15) is 0 Å². The highest BCUT2D eigenvalue weighted by Crippen LogP contribution is 2.33. The summed E-state index contributed by atoms with van der Waals surface area (Å²) in [5.41, 5.74) is 2.74. The van der Waals surface area contributed by atoms with Gasteiger partial charge in [-0.3, -0.25) is 0 Å². The number of fused-ring (bicyclic) bond motifs is 1. The highest BCUT2D eigenvalue weighted by Gasteiger charge is 2.24. The number of likely N-dealkylation sites (N-methyl/N-ethyl adjacent to an activating group) is 1. The third-order valence-electron chi connectivity index (χ3n) is 3.95. The minimum Gasteiger partial charge on any atom is -0.371 e. The molecule has 0 aromatic heterocycles. The van der Waals surface area contributed by atoms with E-state index in [4.69, 9.17) is 0 Å². The Balaban J connectivity index is 2.17. The highest BCUT2D eigenvalue weighted by atomic mass is 15.3. The molecule has 3 heteroatoms. The Bertz CT molecular complexity index is 403. The van der Waals surface area contributed by atoms with Crippen LogP contribution in [0.3, 0.4) is 0 Å². The molecule has 1 aromatic carbocycles. The van der Waals surface area contributed by atoms with Gasteiger partial charge in [-0.05, 0) is 18.6 Å². The summed E-state index contributed by atoms with van der Waals surface area (Å²) in [5, 5.41) is 3.58. The topological polar surface area (TPSA) is 18.5 Å². The molecule has 106 valence electrons. The Morgan fingerprint density at radius 3 is 2.47 bits per heavy atom.